The lowest BCUT2D eigenvalue weighted by atomic mass is 9.32. The third-order valence-corrected chi connectivity index (χ3v) is 16.2. The van der Waals surface area contributed by atoms with Crippen LogP contribution < -0.4 is 31.5 Å². The van der Waals surface area contributed by atoms with Crippen LogP contribution in [0.15, 0.2) is 228 Å². The van der Waals surface area contributed by atoms with Crippen LogP contribution in [0.3, 0.4) is 0 Å². The Bertz CT molecular complexity index is 4030. The molecule has 0 saturated heterocycles. The van der Waals surface area contributed by atoms with E-state index in [1.165, 1.54) is 120 Å². The average Bonchev–Trinajstić information content (AvgIpc) is 3.91. The van der Waals surface area contributed by atoms with E-state index in [9.17, 15) is 0 Å². The van der Waals surface area contributed by atoms with Crippen molar-refractivity contribution in [2.45, 2.75) is 9.79 Å². The van der Waals surface area contributed by atoms with Gasteiger partial charge in [-0.15, -0.1) is 0 Å². The third kappa shape index (κ3) is 4.71. The number of rotatable bonds is 3. The normalized spacial score (nSPS) is 13.8. The zero-order chi connectivity index (χ0) is 43.5. The van der Waals surface area contributed by atoms with Crippen LogP contribution >= 0.6 is 11.8 Å². The summed E-state index contributed by atoms with van der Waals surface area (Å²) in [6.45, 7) is -0.0937. The van der Waals surface area contributed by atoms with Crippen molar-refractivity contribution >= 4 is 114 Å². The third-order valence-electron chi connectivity index (χ3n) is 15.1. The van der Waals surface area contributed by atoms with E-state index < -0.39 is 0 Å². The van der Waals surface area contributed by atoms with Gasteiger partial charge in [-0.25, -0.2) is 0 Å². The highest BCUT2D eigenvalue weighted by Crippen LogP contribution is 2.52. The molecule has 67 heavy (non-hydrogen) atoms. The van der Waals surface area contributed by atoms with Crippen molar-refractivity contribution in [1.82, 2.24) is 9.13 Å². The SMILES string of the molecule is c1ccc(N2c3ccccc3B3c4c(cc(-n5c6ccccc6c6ccccc65)cc42)-c2cccc4c2N3B2c3ccccc3Sc3cc(-n5c6ccccc6c6ccccc65)cc-4c32)cc1. The van der Waals surface area contributed by atoms with Gasteiger partial charge in [0.25, 0.3) is 0 Å². The summed E-state index contributed by atoms with van der Waals surface area (Å²) in [7, 11) is 0. The van der Waals surface area contributed by atoms with Gasteiger partial charge in [-0.2, -0.15) is 0 Å². The van der Waals surface area contributed by atoms with E-state index in [2.05, 4.69) is 237 Å². The van der Waals surface area contributed by atoms with Crippen molar-refractivity contribution in [3.63, 3.8) is 0 Å². The number of nitrogens with zero attached hydrogens (tertiary/aromatic N) is 4. The topological polar surface area (TPSA) is 16.3 Å². The van der Waals surface area contributed by atoms with Gasteiger partial charge in [-0.1, -0.05) is 157 Å². The van der Waals surface area contributed by atoms with E-state index >= 15 is 0 Å². The van der Waals surface area contributed by atoms with Gasteiger partial charge in [0.05, 0.1) is 22.1 Å². The van der Waals surface area contributed by atoms with E-state index in [-0.39, 0.29) is 13.7 Å². The number of fused-ring (bicyclic) bond motifs is 14. The smallest absolute Gasteiger partial charge is 0.316 e. The second-order valence-corrected chi connectivity index (χ2v) is 19.4. The first-order valence-electron chi connectivity index (χ1n) is 23.2. The van der Waals surface area contributed by atoms with Crippen molar-refractivity contribution in [3.05, 3.63) is 218 Å². The number of hydrogen-bond acceptors (Lipinski definition) is 3. The second kappa shape index (κ2) is 13.3. The summed E-state index contributed by atoms with van der Waals surface area (Å²) in [4.78, 5) is 5.16. The van der Waals surface area contributed by atoms with E-state index in [0.29, 0.717) is 0 Å². The van der Waals surface area contributed by atoms with Gasteiger partial charge in [-0.05, 0) is 106 Å². The van der Waals surface area contributed by atoms with E-state index in [1.54, 1.807) is 0 Å². The molecule has 7 heteroatoms. The molecule has 6 heterocycles. The fourth-order valence-corrected chi connectivity index (χ4v) is 13.7. The second-order valence-electron chi connectivity index (χ2n) is 18.4. The summed E-state index contributed by atoms with van der Waals surface area (Å²) >= 11 is 1.93. The van der Waals surface area contributed by atoms with Gasteiger partial charge < -0.3 is 18.8 Å². The maximum atomic E-state index is 2.84. The first-order valence-corrected chi connectivity index (χ1v) is 24.1. The molecule has 0 atom stereocenters. The van der Waals surface area contributed by atoms with E-state index in [1.807, 2.05) is 11.8 Å². The van der Waals surface area contributed by atoms with Gasteiger partial charge in [0.2, 0.25) is 0 Å². The van der Waals surface area contributed by atoms with Crippen molar-refractivity contribution in [1.29, 1.82) is 0 Å². The van der Waals surface area contributed by atoms with Crippen LogP contribution in [0.25, 0.3) is 77.2 Å². The molecule has 0 aliphatic carbocycles. The number of para-hydroxylation sites is 7. The lowest BCUT2D eigenvalue weighted by Crippen LogP contribution is -2.74. The molecule has 0 bridgehead atoms. The van der Waals surface area contributed by atoms with E-state index in [4.69, 9.17) is 0 Å². The van der Waals surface area contributed by atoms with Gasteiger partial charge in [0, 0.05) is 76.6 Å². The minimum Gasteiger partial charge on any atom is -0.444 e. The molecule has 12 aromatic rings. The maximum Gasteiger partial charge on any atom is 0.316 e. The summed E-state index contributed by atoms with van der Waals surface area (Å²) in [5, 5.41) is 5.07. The number of benzene rings is 10. The lowest BCUT2D eigenvalue weighted by Gasteiger charge is -2.52. The van der Waals surface area contributed by atoms with Crippen LogP contribution in [0.2, 0.25) is 0 Å². The highest BCUT2D eigenvalue weighted by atomic mass is 32.2. The summed E-state index contributed by atoms with van der Waals surface area (Å²) < 4.78 is 7.83. The predicted octanol–water partition coefficient (Wildman–Crippen LogP) is 12.5. The Balaban J connectivity index is 1.04. The summed E-state index contributed by atoms with van der Waals surface area (Å²) in [6.07, 6.45) is 0. The molecule has 4 aliphatic rings. The average molecular weight is 867 g/mol. The minimum absolute atomic E-state index is 0.0253. The van der Waals surface area contributed by atoms with Gasteiger partial charge in [0.15, 0.2) is 0 Å². The largest absolute Gasteiger partial charge is 0.444 e. The molecule has 0 spiro atoms. The highest BCUT2D eigenvalue weighted by Gasteiger charge is 2.53. The first-order chi connectivity index (χ1) is 33.3. The molecule has 0 amide bonds. The molecule has 4 nitrogen and oxygen atoms in total. The molecule has 0 saturated carbocycles. The van der Waals surface area contributed by atoms with Crippen molar-refractivity contribution in [2.24, 2.45) is 0 Å². The molecule has 0 radical (unpaired) electrons. The molecular formula is C60H36B2N4S. The van der Waals surface area contributed by atoms with Crippen LogP contribution in [0, 0.1) is 0 Å². The highest BCUT2D eigenvalue weighted by molar-refractivity contribution is 8.00. The van der Waals surface area contributed by atoms with Crippen LogP contribution in [0.4, 0.5) is 22.7 Å². The van der Waals surface area contributed by atoms with Crippen LogP contribution in [0.5, 0.6) is 0 Å². The maximum absolute atomic E-state index is 2.84. The molecular weight excluding hydrogens is 830 g/mol. The monoisotopic (exact) mass is 866 g/mol. The fourth-order valence-electron chi connectivity index (χ4n) is 12.6. The summed E-state index contributed by atoms with van der Waals surface area (Å²) in [5.74, 6) is 0. The van der Waals surface area contributed by atoms with Crippen LogP contribution in [-0.2, 0) is 0 Å². The molecule has 2 aromatic heterocycles. The molecule has 16 rings (SSSR count). The Morgan fingerprint density at radius 3 is 1.45 bits per heavy atom. The molecule has 0 N–H and O–H groups in total. The lowest BCUT2D eigenvalue weighted by molar-refractivity contribution is 1.16. The fraction of sp³-hybridized carbons (Fsp3) is 0. The van der Waals surface area contributed by atoms with Gasteiger partial charge in [0.1, 0.15) is 0 Å². The Hall–Kier alpha value is -8.12. The number of aromatic nitrogens is 2. The minimum atomic E-state index is -0.0684. The molecule has 0 fully saturated rings. The van der Waals surface area contributed by atoms with Crippen molar-refractivity contribution in [3.8, 4) is 33.6 Å². The van der Waals surface area contributed by atoms with Gasteiger partial charge in [-0.3, -0.25) is 0 Å². The van der Waals surface area contributed by atoms with E-state index in [0.717, 1.165) is 11.4 Å². The molecule has 4 aliphatic heterocycles. The first kappa shape index (κ1) is 36.1. The van der Waals surface area contributed by atoms with Crippen LogP contribution in [0.1, 0.15) is 0 Å². The molecule has 10 aromatic carbocycles. The number of hydrogen-bond donors (Lipinski definition) is 0. The Morgan fingerprint density at radius 1 is 0.328 bits per heavy atom. The Morgan fingerprint density at radius 2 is 0.821 bits per heavy atom. The molecule has 308 valence electrons. The molecule has 0 unspecified atom stereocenters. The van der Waals surface area contributed by atoms with Crippen LogP contribution in [-0.4, -0.2) is 22.8 Å². The van der Waals surface area contributed by atoms with Crippen molar-refractivity contribution < 1.29 is 0 Å². The van der Waals surface area contributed by atoms with Crippen molar-refractivity contribution in [2.75, 3.05) is 9.62 Å². The predicted molar refractivity (Wildman–Crippen MR) is 284 cm³/mol. The van der Waals surface area contributed by atoms with Gasteiger partial charge >= 0.3 is 13.7 Å². The zero-order valence-corrected chi connectivity index (χ0v) is 37.0. The standard InChI is InChI=1S/C60H36B2N4S/c1-2-17-37(18-3-1)63-54-31-14-8-25-48(54)61-58-46(33-38(35-55(58)63)64-50-27-10-4-19-40(50)41-20-5-11-28-51(41)64)44-23-16-24-45-47-34-39(65-52-29-12-6-21-42(52)43-22-7-13-30-53(43)65)36-57-59(47)62(66(61)60(44)45)49-26-9-15-32-56(49)67-57/h1-36H. The summed E-state index contributed by atoms with van der Waals surface area (Å²) in [5.41, 5.74) is 22.6. The zero-order valence-electron chi connectivity index (χ0n) is 36.1. The summed E-state index contributed by atoms with van der Waals surface area (Å²) in [6, 6.07) is 82.0. The quantitative estimate of drug-likeness (QED) is 0.165. The number of anilines is 4. The Kier molecular flexibility index (Phi) is 7.15. The Labute approximate surface area is 392 Å².